The second-order valence-electron chi connectivity index (χ2n) is 4.23. The van der Waals surface area contributed by atoms with Gasteiger partial charge in [0.25, 0.3) is 0 Å². The van der Waals surface area contributed by atoms with Crippen molar-refractivity contribution in [2.75, 3.05) is 6.54 Å². The predicted octanol–water partition coefficient (Wildman–Crippen LogP) is 0.988. The molecule has 0 radical (unpaired) electrons. The van der Waals surface area contributed by atoms with Gasteiger partial charge in [-0.2, -0.15) is 0 Å². The molecule has 0 aromatic carbocycles. The first-order valence-electron chi connectivity index (χ1n) is 4.42. The average Bonchev–Trinajstić information content (AvgIpc) is 2.61. The van der Waals surface area contributed by atoms with Crippen LogP contribution in [-0.4, -0.2) is 17.8 Å². The Balaban J connectivity index is 2.58. The van der Waals surface area contributed by atoms with Gasteiger partial charge in [0, 0.05) is 12.0 Å². The maximum absolute atomic E-state index is 9.81. The fourth-order valence-electron chi connectivity index (χ4n) is 1.99. The van der Waals surface area contributed by atoms with Crippen LogP contribution in [0.4, 0.5) is 0 Å². The monoisotopic (exact) mass is 157 g/mol. The topological polar surface area (TPSA) is 46.2 Å². The van der Waals surface area contributed by atoms with Gasteiger partial charge in [-0.05, 0) is 18.3 Å². The Kier molecular flexibility index (Phi) is 2.26. The molecule has 0 amide bonds. The molecule has 3 atom stereocenters. The molecule has 0 saturated heterocycles. The summed E-state index contributed by atoms with van der Waals surface area (Å²) in [5, 5.41) is 9.81. The summed E-state index contributed by atoms with van der Waals surface area (Å²) in [6.07, 6.45) is 0.894. The zero-order chi connectivity index (χ0) is 8.65. The third-order valence-corrected chi connectivity index (χ3v) is 3.11. The second kappa shape index (κ2) is 2.76. The van der Waals surface area contributed by atoms with Gasteiger partial charge in [0.1, 0.15) is 0 Å². The Hall–Kier alpha value is -0.0800. The standard InChI is InChI=1S/C9H19NO/c1-6(2)8(11)9(5-10)4-7(9)3/h6-8,11H,4-5,10H2,1-3H3/t7-,8+,9+/m1/s1. The van der Waals surface area contributed by atoms with E-state index in [-0.39, 0.29) is 11.5 Å². The van der Waals surface area contributed by atoms with Crippen molar-refractivity contribution < 1.29 is 5.11 Å². The highest BCUT2D eigenvalue weighted by molar-refractivity contribution is 5.05. The summed E-state index contributed by atoms with van der Waals surface area (Å²) >= 11 is 0. The Morgan fingerprint density at radius 1 is 1.64 bits per heavy atom. The van der Waals surface area contributed by atoms with Crippen molar-refractivity contribution in [3.8, 4) is 0 Å². The minimum Gasteiger partial charge on any atom is -0.392 e. The largest absolute Gasteiger partial charge is 0.392 e. The first kappa shape index (κ1) is 9.01. The lowest BCUT2D eigenvalue weighted by atomic mass is 9.88. The molecule has 1 aliphatic carbocycles. The summed E-state index contributed by atoms with van der Waals surface area (Å²) in [4.78, 5) is 0. The van der Waals surface area contributed by atoms with Gasteiger partial charge in [-0.15, -0.1) is 0 Å². The summed E-state index contributed by atoms with van der Waals surface area (Å²) in [6, 6.07) is 0. The zero-order valence-electron chi connectivity index (χ0n) is 7.67. The summed E-state index contributed by atoms with van der Waals surface area (Å²) < 4.78 is 0. The normalized spacial score (nSPS) is 39.3. The first-order valence-corrected chi connectivity index (χ1v) is 4.42. The molecule has 1 fully saturated rings. The van der Waals surface area contributed by atoms with Crippen LogP contribution in [0.25, 0.3) is 0 Å². The fourth-order valence-corrected chi connectivity index (χ4v) is 1.99. The van der Waals surface area contributed by atoms with Gasteiger partial charge in [0.05, 0.1) is 6.10 Å². The van der Waals surface area contributed by atoms with Crippen molar-refractivity contribution in [3.05, 3.63) is 0 Å². The summed E-state index contributed by atoms with van der Waals surface area (Å²) in [5.41, 5.74) is 5.70. The molecule has 1 aliphatic rings. The number of hydrogen-bond acceptors (Lipinski definition) is 2. The van der Waals surface area contributed by atoms with Crippen LogP contribution in [0.3, 0.4) is 0 Å². The van der Waals surface area contributed by atoms with Crippen LogP contribution in [0.2, 0.25) is 0 Å². The Bertz CT molecular complexity index is 142. The zero-order valence-corrected chi connectivity index (χ0v) is 7.67. The molecule has 3 N–H and O–H groups in total. The second-order valence-corrected chi connectivity index (χ2v) is 4.23. The molecule has 0 unspecified atom stereocenters. The molecule has 0 aromatic heterocycles. The molecule has 0 heterocycles. The number of aliphatic hydroxyl groups excluding tert-OH is 1. The number of hydrogen-bond donors (Lipinski definition) is 2. The highest BCUT2D eigenvalue weighted by Crippen LogP contribution is 2.55. The van der Waals surface area contributed by atoms with E-state index in [1.54, 1.807) is 0 Å². The van der Waals surface area contributed by atoms with Crippen LogP contribution in [0.1, 0.15) is 27.2 Å². The smallest absolute Gasteiger partial charge is 0.0634 e. The first-order chi connectivity index (χ1) is 5.04. The molecular formula is C9H19NO. The van der Waals surface area contributed by atoms with Crippen molar-refractivity contribution in [3.63, 3.8) is 0 Å². The number of aliphatic hydroxyl groups is 1. The summed E-state index contributed by atoms with van der Waals surface area (Å²) in [5.74, 6) is 0.952. The van der Waals surface area contributed by atoms with Crippen molar-refractivity contribution in [1.82, 2.24) is 0 Å². The molecule has 66 valence electrons. The van der Waals surface area contributed by atoms with Crippen LogP contribution in [0.15, 0.2) is 0 Å². The van der Waals surface area contributed by atoms with Crippen LogP contribution >= 0.6 is 0 Å². The summed E-state index contributed by atoms with van der Waals surface area (Å²) in [6.45, 7) is 6.90. The summed E-state index contributed by atoms with van der Waals surface area (Å²) in [7, 11) is 0. The Labute approximate surface area is 68.8 Å². The van der Waals surface area contributed by atoms with Crippen molar-refractivity contribution in [2.45, 2.75) is 33.3 Å². The molecule has 2 nitrogen and oxygen atoms in total. The van der Waals surface area contributed by atoms with Crippen LogP contribution < -0.4 is 5.73 Å². The van der Waals surface area contributed by atoms with Gasteiger partial charge in [-0.1, -0.05) is 20.8 Å². The van der Waals surface area contributed by atoms with Crippen LogP contribution in [0.5, 0.6) is 0 Å². The van der Waals surface area contributed by atoms with E-state index in [1.165, 1.54) is 0 Å². The fraction of sp³-hybridized carbons (Fsp3) is 1.00. The van der Waals surface area contributed by atoms with Crippen molar-refractivity contribution in [2.24, 2.45) is 23.0 Å². The molecule has 1 saturated carbocycles. The molecule has 1 rings (SSSR count). The lowest BCUT2D eigenvalue weighted by Crippen LogP contribution is -2.35. The molecular weight excluding hydrogens is 138 g/mol. The van der Waals surface area contributed by atoms with Gasteiger partial charge in [0.15, 0.2) is 0 Å². The lowest BCUT2D eigenvalue weighted by molar-refractivity contribution is 0.0474. The minimum atomic E-state index is -0.206. The van der Waals surface area contributed by atoms with Crippen LogP contribution in [-0.2, 0) is 0 Å². The lowest BCUT2D eigenvalue weighted by Gasteiger charge is -2.24. The van der Waals surface area contributed by atoms with E-state index in [4.69, 9.17) is 5.73 Å². The average molecular weight is 157 g/mol. The van der Waals surface area contributed by atoms with Gasteiger partial charge < -0.3 is 10.8 Å². The van der Waals surface area contributed by atoms with E-state index >= 15 is 0 Å². The van der Waals surface area contributed by atoms with E-state index in [0.717, 1.165) is 6.42 Å². The van der Waals surface area contributed by atoms with E-state index in [0.29, 0.717) is 18.4 Å². The third-order valence-electron chi connectivity index (χ3n) is 3.11. The maximum atomic E-state index is 9.81. The Morgan fingerprint density at radius 2 is 2.09 bits per heavy atom. The maximum Gasteiger partial charge on any atom is 0.0634 e. The molecule has 0 aliphatic heterocycles. The van der Waals surface area contributed by atoms with Crippen molar-refractivity contribution in [1.29, 1.82) is 0 Å². The molecule has 2 heteroatoms. The van der Waals surface area contributed by atoms with E-state index in [1.807, 2.05) is 13.8 Å². The SMILES string of the molecule is CC(C)[C@H](O)[C@]1(CN)C[C@H]1C. The van der Waals surface area contributed by atoms with Crippen LogP contribution in [0, 0.1) is 17.3 Å². The minimum absolute atomic E-state index is 0.0637. The van der Waals surface area contributed by atoms with E-state index in [2.05, 4.69) is 6.92 Å². The van der Waals surface area contributed by atoms with Gasteiger partial charge >= 0.3 is 0 Å². The Morgan fingerprint density at radius 3 is 2.18 bits per heavy atom. The highest BCUT2D eigenvalue weighted by Gasteiger charge is 2.55. The molecule has 0 spiro atoms. The van der Waals surface area contributed by atoms with Gasteiger partial charge in [-0.3, -0.25) is 0 Å². The van der Waals surface area contributed by atoms with Gasteiger partial charge in [-0.25, -0.2) is 0 Å². The van der Waals surface area contributed by atoms with E-state index < -0.39 is 0 Å². The molecule has 0 bridgehead atoms. The predicted molar refractivity (Wildman–Crippen MR) is 46.1 cm³/mol. The number of rotatable bonds is 3. The quantitative estimate of drug-likeness (QED) is 0.641. The highest BCUT2D eigenvalue weighted by atomic mass is 16.3. The van der Waals surface area contributed by atoms with Gasteiger partial charge in [0.2, 0.25) is 0 Å². The third kappa shape index (κ3) is 1.30. The number of nitrogens with two attached hydrogens (primary N) is 1. The van der Waals surface area contributed by atoms with Crippen molar-refractivity contribution >= 4 is 0 Å². The van der Waals surface area contributed by atoms with E-state index in [9.17, 15) is 5.11 Å². The molecule has 11 heavy (non-hydrogen) atoms. The molecule has 0 aromatic rings.